The lowest BCUT2D eigenvalue weighted by molar-refractivity contribution is -0.116. The highest BCUT2D eigenvalue weighted by molar-refractivity contribution is 8.00. The zero-order valence-corrected chi connectivity index (χ0v) is 18.5. The fraction of sp³-hybridized carbons (Fsp3) is 0.130. The van der Waals surface area contributed by atoms with E-state index in [-0.39, 0.29) is 23.5 Å². The molecule has 0 saturated heterocycles. The molecular formula is C23H18FN5OS2. The molecule has 3 aromatic carbocycles. The van der Waals surface area contributed by atoms with Crippen molar-refractivity contribution >= 4 is 35.1 Å². The van der Waals surface area contributed by atoms with Crippen molar-refractivity contribution in [2.75, 3.05) is 16.4 Å². The van der Waals surface area contributed by atoms with Crippen molar-refractivity contribution < 1.29 is 9.18 Å². The van der Waals surface area contributed by atoms with Crippen molar-refractivity contribution in [1.82, 2.24) is 20.2 Å². The number of para-hydroxylation sites is 1. The lowest BCUT2D eigenvalue weighted by atomic mass is 10.1. The monoisotopic (exact) mass is 463 g/mol. The summed E-state index contributed by atoms with van der Waals surface area (Å²) >= 11 is 2.99. The molecule has 0 unspecified atom stereocenters. The maximum Gasteiger partial charge on any atom is 0.238 e. The normalized spacial score (nSPS) is 15.4. The van der Waals surface area contributed by atoms with Crippen LogP contribution in [0.15, 0.2) is 88.9 Å². The lowest BCUT2D eigenvalue weighted by Crippen LogP contribution is -2.39. The second-order valence-corrected chi connectivity index (χ2v) is 9.12. The second-order valence-electron chi connectivity index (χ2n) is 7.11. The number of hydrogen-bond donors (Lipinski definition) is 0. The van der Waals surface area contributed by atoms with Gasteiger partial charge in [0.25, 0.3) is 0 Å². The van der Waals surface area contributed by atoms with Crippen molar-refractivity contribution in [3.63, 3.8) is 0 Å². The fourth-order valence-electron chi connectivity index (χ4n) is 3.65. The largest absolute Gasteiger partial charge is 0.302 e. The number of halogens is 1. The zero-order chi connectivity index (χ0) is 21.9. The van der Waals surface area contributed by atoms with E-state index in [2.05, 4.69) is 27.7 Å². The summed E-state index contributed by atoms with van der Waals surface area (Å²) in [4.78, 5) is 16.5. The molecule has 0 bridgehead atoms. The quantitative estimate of drug-likeness (QED) is 0.397. The fourth-order valence-corrected chi connectivity index (χ4v) is 5.57. The van der Waals surface area contributed by atoms with Crippen LogP contribution in [-0.2, 0) is 4.79 Å². The molecule has 0 spiro atoms. The van der Waals surface area contributed by atoms with Crippen LogP contribution >= 0.6 is 23.5 Å². The van der Waals surface area contributed by atoms with Crippen LogP contribution in [0.1, 0.15) is 11.6 Å². The van der Waals surface area contributed by atoms with Gasteiger partial charge in [0.05, 0.1) is 23.2 Å². The lowest BCUT2D eigenvalue weighted by Gasteiger charge is -2.37. The number of benzene rings is 3. The van der Waals surface area contributed by atoms with Crippen molar-refractivity contribution in [2.24, 2.45) is 0 Å². The number of carbonyl (C=O) groups is 1. The highest BCUT2D eigenvalue weighted by Gasteiger charge is 2.32. The first-order valence-electron chi connectivity index (χ1n) is 9.96. The van der Waals surface area contributed by atoms with E-state index in [1.165, 1.54) is 28.6 Å². The molecule has 0 fully saturated rings. The van der Waals surface area contributed by atoms with Crippen LogP contribution in [0, 0.1) is 5.82 Å². The Labute approximate surface area is 192 Å². The predicted octanol–water partition coefficient (Wildman–Crippen LogP) is 4.77. The van der Waals surface area contributed by atoms with Crippen LogP contribution in [-0.4, -0.2) is 37.6 Å². The van der Waals surface area contributed by atoms with Crippen LogP contribution in [0.25, 0.3) is 5.69 Å². The summed E-state index contributed by atoms with van der Waals surface area (Å²) in [5.74, 6) is 0.514. The molecule has 1 aliphatic rings. The molecule has 9 heteroatoms. The molecule has 1 aliphatic heterocycles. The second kappa shape index (κ2) is 9.13. The van der Waals surface area contributed by atoms with E-state index >= 15 is 0 Å². The number of thioether (sulfide) groups is 2. The SMILES string of the molecule is O=C(CSc1nnnn1-c1cccc(F)c1)N1c2ccccc2SC[C@H]1c1ccccc1. The third-order valence-corrected chi connectivity index (χ3v) is 7.15. The summed E-state index contributed by atoms with van der Waals surface area (Å²) in [6.07, 6.45) is 0. The highest BCUT2D eigenvalue weighted by Crippen LogP contribution is 2.43. The van der Waals surface area contributed by atoms with Crippen LogP contribution < -0.4 is 4.90 Å². The van der Waals surface area contributed by atoms with Gasteiger partial charge in [0.15, 0.2) is 0 Å². The molecule has 1 atom stereocenters. The maximum atomic E-state index is 13.6. The van der Waals surface area contributed by atoms with Gasteiger partial charge in [0, 0.05) is 10.6 Å². The van der Waals surface area contributed by atoms with Gasteiger partial charge in [0.2, 0.25) is 11.1 Å². The number of rotatable bonds is 5. The van der Waals surface area contributed by atoms with E-state index in [1.54, 1.807) is 23.9 Å². The maximum absolute atomic E-state index is 13.6. The van der Waals surface area contributed by atoms with Crippen LogP contribution in [0.2, 0.25) is 0 Å². The molecule has 160 valence electrons. The van der Waals surface area contributed by atoms with E-state index in [9.17, 15) is 9.18 Å². The summed E-state index contributed by atoms with van der Waals surface area (Å²) < 4.78 is 15.1. The third-order valence-electron chi connectivity index (χ3n) is 5.10. The number of hydrogen-bond acceptors (Lipinski definition) is 6. The van der Waals surface area contributed by atoms with Gasteiger partial charge in [-0.25, -0.2) is 4.39 Å². The number of carbonyl (C=O) groups excluding carboxylic acids is 1. The van der Waals surface area contributed by atoms with Crippen molar-refractivity contribution in [3.8, 4) is 5.69 Å². The van der Waals surface area contributed by atoms with Crippen molar-refractivity contribution in [3.05, 3.63) is 90.2 Å². The van der Waals surface area contributed by atoms with Crippen molar-refractivity contribution in [2.45, 2.75) is 16.1 Å². The van der Waals surface area contributed by atoms with E-state index < -0.39 is 0 Å². The highest BCUT2D eigenvalue weighted by atomic mass is 32.2. The molecule has 5 rings (SSSR count). The Bertz CT molecular complexity index is 1250. The minimum absolute atomic E-state index is 0.0367. The van der Waals surface area contributed by atoms with Gasteiger partial charge in [-0.05, 0) is 46.3 Å². The van der Waals surface area contributed by atoms with Gasteiger partial charge in [-0.2, -0.15) is 4.68 Å². The van der Waals surface area contributed by atoms with E-state index in [4.69, 9.17) is 0 Å². The summed E-state index contributed by atoms with van der Waals surface area (Å²) in [6, 6.07) is 24.0. The average Bonchev–Trinajstić information content (AvgIpc) is 3.31. The Morgan fingerprint density at radius 1 is 1.06 bits per heavy atom. The van der Waals surface area contributed by atoms with Gasteiger partial charge in [0.1, 0.15) is 5.82 Å². The third kappa shape index (κ3) is 4.13. The molecule has 0 saturated carbocycles. The summed E-state index contributed by atoms with van der Waals surface area (Å²) in [7, 11) is 0. The first-order chi connectivity index (χ1) is 15.7. The molecule has 32 heavy (non-hydrogen) atoms. The van der Waals surface area contributed by atoms with Crippen LogP contribution in [0.4, 0.5) is 10.1 Å². The molecular weight excluding hydrogens is 445 g/mol. The van der Waals surface area contributed by atoms with Gasteiger partial charge in [-0.15, -0.1) is 16.9 Å². The average molecular weight is 464 g/mol. The Hall–Kier alpha value is -3.17. The Morgan fingerprint density at radius 3 is 2.72 bits per heavy atom. The number of aromatic nitrogens is 4. The Kier molecular flexibility index (Phi) is 5.91. The number of fused-ring (bicyclic) bond motifs is 1. The molecule has 1 amide bonds. The van der Waals surface area contributed by atoms with Gasteiger partial charge >= 0.3 is 0 Å². The predicted molar refractivity (Wildman–Crippen MR) is 124 cm³/mol. The molecule has 2 heterocycles. The van der Waals surface area contributed by atoms with E-state index in [1.807, 2.05) is 47.4 Å². The first kappa shape index (κ1) is 20.7. The molecule has 0 radical (unpaired) electrons. The molecule has 0 aliphatic carbocycles. The minimum atomic E-state index is -0.377. The molecule has 1 aromatic heterocycles. The number of nitrogens with zero attached hydrogens (tertiary/aromatic N) is 5. The molecule has 6 nitrogen and oxygen atoms in total. The Balaban J connectivity index is 1.41. The zero-order valence-electron chi connectivity index (χ0n) is 16.8. The number of tetrazole rings is 1. The van der Waals surface area contributed by atoms with Crippen molar-refractivity contribution in [1.29, 1.82) is 0 Å². The Morgan fingerprint density at radius 2 is 1.88 bits per heavy atom. The van der Waals surface area contributed by atoms with Crippen LogP contribution in [0.5, 0.6) is 0 Å². The smallest absolute Gasteiger partial charge is 0.238 e. The van der Waals surface area contributed by atoms with Gasteiger partial charge in [-0.3, -0.25) is 4.79 Å². The number of amides is 1. The van der Waals surface area contributed by atoms with E-state index in [0.717, 1.165) is 21.9 Å². The van der Waals surface area contributed by atoms with Gasteiger partial charge < -0.3 is 4.90 Å². The molecule has 0 N–H and O–H groups in total. The summed E-state index contributed by atoms with van der Waals surface area (Å²) in [5.41, 5.74) is 2.51. The summed E-state index contributed by atoms with van der Waals surface area (Å²) in [5, 5.41) is 12.1. The topological polar surface area (TPSA) is 63.9 Å². The summed E-state index contributed by atoms with van der Waals surface area (Å²) in [6.45, 7) is 0. The van der Waals surface area contributed by atoms with Crippen LogP contribution in [0.3, 0.4) is 0 Å². The minimum Gasteiger partial charge on any atom is -0.302 e. The first-order valence-corrected chi connectivity index (χ1v) is 11.9. The molecule has 4 aromatic rings. The number of anilines is 1. The standard InChI is InChI=1S/C23H18FN5OS2/c24-17-9-6-10-18(13-17)29-23(25-26-27-29)32-15-22(30)28-19-11-4-5-12-21(19)31-14-20(28)16-7-2-1-3-8-16/h1-13,20H,14-15H2/t20-/m0/s1. The van der Waals surface area contributed by atoms with Gasteiger partial charge in [-0.1, -0.05) is 60.3 Å². The van der Waals surface area contributed by atoms with E-state index in [0.29, 0.717) is 10.8 Å².